The van der Waals surface area contributed by atoms with E-state index in [0.717, 1.165) is 48.2 Å². The molecule has 0 bridgehead atoms. The first-order valence-electron chi connectivity index (χ1n) is 18.6. The number of phosphoric ester groups is 3. The van der Waals surface area contributed by atoms with Gasteiger partial charge in [0.2, 0.25) is 11.8 Å². The van der Waals surface area contributed by atoms with Crippen LogP contribution in [0.4, 0.5) is 5.82 Å². The molecule has 3 rings (SSSR count). The number of phosphoric acid groups is 3. The number of hydrogen-bond donors (Lipinski definition) is 8. The smallest absolute Gasteiger partial charge is 0.756 e. The number of anilines is 1. The Kier molecular flexibility index (Phi) is 22.5. The van der Waals surface area contributed by atoms with Gasteiger partial charge in [0.1, 0.15) is 36.3 Å². The van der Waals surface area contributed by atoms with E-state index in [4.69, 9.17) is 19.5 Å². The normalized spacial score (nSPS) is 21.6. The molecule has 2 aromatic heterocycles. The van der Waals surface area contributed by atoms with Crippen molar-refractivity contribution in [2.75, 3.05) is 37.8 Å². The number of ether oxygens (including phenoxy) is 1. The summed E-state index contributed by atoms with van der Waals surface area (Å²) in [5.74, 6) is -1.05. The van der Waals surface area contributed by atoms with Gasteiger partial charge in [-0.15, -0.1) is 0 Å². The molecule has 8 atom stereocenters. The van der Waals surface area contributed by atoms with E-state index < -0.39 is 84.6 Å². The number of nitrogens with zero attached hydrogens (tertiary/aromatic N) is 4. The number of rotatable bonds is 27. The summed E-state index contributed by atoms with van der Waals surface area (Å²) < 4.78 is 61.9. The standard InChI is InChI=1S/C31H54N7O17P3S.Li/c1-4-5-6-7-8-9-10-11-22(40)59-15-14-33-21(39)12-13-34-29(43)26(42)31(2,3)17-52-58(49,50)55-57(47,48)51-16-20-25(54-56(44,45)46)24(41)30(53-20)38-19-37-23-27(32)35-18-36-28(23)38;/h18-20,24-26,30,41-42H,4-17H2,1-3H3,(H,33,39)(H,34,43)(H,47,48)(H,49,50)(H2,32,35,36)(H2,44,45,46);/q;+1/p-1/t20-,24-,25-,26+,30-;/m1./s1. The van der Waals surface area contributed by atoms with E-state index in [1.807, 2.05) is 0 Å². The average Bonchev–Trinajstić information content (AvgIpc) is 3.71. The van der Waals surface area contributed by atoms with Crippen LogP contribution in [0.25, 0.3) is 11.2 Å². The Morgan fingerprint density at radius 2 is 1.65 bits per heavy atom. The van der Waals surface area contributed by atoms with Gasteiger partial charge < -0.3 is 55.4 Å². The summed E-state index contributed by atoms with van der Waals surface area (Å²) in [6.07, 6.45) is 1.14. The van der Waals surface area contributed by atoms with Crippen molar-refractivity contribution in [3.63, 3.8) is 0 Å². The number of carbonyl (C=O) groups is 3. The monoisotopic (exact) mass is 927 g/mol. The van der Waals surface area contributed by atoms with E-state index in [1.165, 1.54) is 39.5 Å². The first-order chi connectivity index (χ1) is 27.6. The minimum atomic E-state index is -5.58. The number of amides is 2. The molecule has 1 aliphatic heterocycles. The minimum Gasteiger partial charge on any atom is -0.756 e. The van der Waals surface area contributed by atoms with Gasteiger partial charge in [0.05, 0.1) is 19.5 Å². The first-order valence-corrected chi connectivity index (χ1v) is 24.1. The minimum absolute atomic E-state index is 0. The summed E-state index contributed by atoms with van der Waals surface area (Å²) in [7, 11) is -16.7. The largest absolute Gasteiger partial charge is 1.00 e. The van der Waals surface area contributed by atoms with Crippen LogP contribution in [0.5, 0.6) is 0 Å². The molecule has 0 aliphatic carbocycles. The molecular formula is C31H53LiN7O17P3S. The Balaban J connectivity index is 0.0000124. The van der Waals surface area contributed by atoms with E-state index in [2.05, 4.69) is 41.3 Å². The van der Waals surface area contributed by atoms with Crippen LogP contribution in [0.15, 0.2) is 12.7 Å². The van der Waals surface area contributed by atoms with E-state index >= 15 is 0 Å². The Bertz CT molecular complexity index is 1860. The number of thioether (sulfide) groups is 1. The molecule has 0 radical (unpaired) electrons. The number of aliphatic hydroxyl groups excluding tert-OH is 2. The first kappa shape index (κ1) is 54.3. The van der Waals surface area contributed by atoms with Crippen molar-refractivity contribution in [3.05, 3.63) is 12.7 Å². The van der Waals surface area contributed by atoms with Crippen LogP contribution in [0.2, 0.25) is 0 Å². The molecule has 3 heterocycles. The molecule has 29 heteroatoms. The Hall–Kier alpha value is -1.84. The number of nitrogen functional groups attached to an aromatic ring is 1. The second kappa shape index (κ2) is 24.9. The second-order valence-corrected chi connectivity index (χ2v) is 19.5. The van der Waals surface area contributed by atoms with Crippen LogP contribution in [0, 0.1) is 5.41 Å². The number of fused-ring (bicyclic) bond motifs is 1. The summed E-state index contributed by atoms with van der Waals surface area (Å²) in [6, 6.07) is 0. The molecule has 3 unspecified atom stereocenters. The zero-order chi connectivity index (χ0) is 44.0. The van der Waals surface area contributed by atoms with Gasteiger partial charge in [0.25, 0.3) is 7.82 Å². The predicted molar refractivity (Wildman–Crippen MR) is 207 cm³/mol. The van der Waals surface area contributed by atoms with Crippen LogP contribution in [0.1, 0.15) is 84.8 Å². The van der Waals surface area contributed by atoms with Gasteiger partial charge >= 0.3 is 34.5 Å². The van der Waals surface area contributed by atoms with E-state index in [-0.39, 0.29) is 60.5 Å². The third-order valence-electron chi connectivity index (χ3n) is 8.75. The molecule has 1 saturated heterocycles. The summed E-state index contributed by atoms with van der Waals surface area (Å²) in [5.41, 5.74) is 4.24. The third-order valence-corrected chi connectivity index (χ3v) is 12.8. The van der Waals surface area contributed by atoms with Crippen molar-refractivity contribution >= 4 is 69.1 Å². The van der Waals surface area contributed by atoms with Crippen molar-refractivity contribution in [2.24, 2.45) is 5.41 Å². The summed E-state index contributed by atoms with van der Waals surface area (Å²) in [6.45, 7) is 2.67. The van der Waals surface area contributed by atoms with Gasteiger partial charge in [0.15, 0.2) is 22.8 Å². The summed E-state index contributed by atoms with van der Waals surface area (Å²) in [4.78, 5) is 89.8. The number of aromatic nitrogens is 4. The molecular weight excluding hydrogens is 874 g/mol. The molecule has 60 heavy (non-hydrogen) atoms. The number of hydrogen-bond acceptors (Lipinski definition) is 19. The van der Waals surface area contributed by atoms with E-state index in [0.29, 0.717) is 12.2 Å². The van der Waals surface area contributed by atoms with Gasteiger partial charge in [-0.05, 0) is 6.42 Å². The molecule has 2 aromatic rings. The zero-order valence-corrected chi connectivity index (χ0v) is 37.2. The van der Waals surface area contributed by atoms with Gasteiger partial charge in [-0.2, -0.15) is 4.31 Å². The molecule has 24 nitrogen and oxygen atoms in total. The molecule has 1 fully saturated rings. The van der Waals surface area contributed by atoms with Crippen LogP contribution in [-0.4, -0.2) is 118 Å². The number of nitrogens with two attached hydrogens (primary N) is 1. The predicted octanol–water partition coefficient (Wildman–Crippen LogP) is -1.82. The quantitative estimate of drug-likeness (QED) is 0.0278. The third kappa shape index (κ3) is 18.1. The SMILES string of the molecule is CCCCCCCCCC(=O)SCCNC(=O)CCNC(=O)[C@H](O)C(C)(C)COP(=O)(O)OP(=O)(O)OC[C@H]1O[C@@H](n2cnc3c(N)ncnc32)[C@H](O)[C@@H]1OP(=O)([O-])O.[Li+]. The maximum absolute atomic E-state index is 12.7. The zero-order valence-electron chi connectivity index (χ0n) is 33.7. The van der Waals surface area contributed by atoms with Crippen LogP contribution < -0.4 is 40.1 Å². The fourth-order valence-corrected chi connectivity index (χ4v) is 9.13. The fraction of sp³-hybridized carbons (Fsp3) is 0.742. The van der Waals surface area contributed by atoms with Gasteiger partial charge in [0, 0.05) is 37.1 Å². The van der Waals surface area contributed by atoms with Crippen LogP contribution in [0.3, 0.4) is 0 Å². The van der Waals surface area contributed by atoms with Crippen LogP contribution >= 0.6 is 35.2 Å². The summed E-state index contributed by atoms with van der Waals surface area (Å²) >= 11 is 1.14. The topological polar surface area (TPSA) is 366 Å². The molecule has 1 aliphatic rings. The molecule has 0 saturated carbocycles. The van der Waals surface area contributed by atoms with E-state index in [1.54, 1.807) is 0 Å². The molecule has 0 spiro atoms. The van der Waals surface area contributed by atoms with Crippen molar-refractivity contribution in [3.8, 4) is 0 Å². The number of carbonyl (C=O) groups excluding carboxylic acids is 3. The Morgan fingerprint density at radius 1 is 1.00 bits per heavy atom. The fourth-order valence-electron chi connectivity index (χ4n) is 5.59. The van der Waals surface area contributed by atoms with Crippen molar-refractivity contribution in [2.45, 2.75) is 109 Å². The van der Waals surface area contributed by atoms with Crippen molar-refractivity contribution in [1.82, 2.24) is 30.2 Å². The number of unbranched alkanes of at least 4 members (excludes halogenated alkanes) is 6. The Labute approximate surface area is 362 Å². The number of imidazole rings is 1. The maximum atomic E-state index is 12.7. The maximum Gasteiger partial charge on any atom is 1.00 e. The molecule has 0 aromatic carbocycles. The molecule has 336 valence electrons. The second-order valence-electron chi connectivity index (χ2n) is 14.1. The van der Waals surface area contributed by atoms with E-state index in [9.17, 15) is 57.9 Å². The van der Waals surface area contributed by atoms with Gasteiger partial charge in [-0.3, -0.25) is 32.6 Å². The number of aliphatic hydroxyl groups is 2. The van der Waals surface area contributed by atoms with Gasteiger partial charge in [-0.1, -0.05) is 71.1 Å². The van der Waals surface area contributed by atoms with Crippen molar-refractivity contribution < 1.29 is 99.3 Å². The van der Waals surface area contributed by atoms with Crippen molar-refractivity contribution in [1.29, 1.82) is 0 Å². The number of nitrogens with one attached hydrogen (secondary N) is 2. The molecule has 9 N–H and O–H groups in total. The van der Waals surface area contributed by atoms with Gasteiger partial charge in [-0.25, -0.2) is 24.1 Å². The van der Waals surface area contributed by atoms with Crippen LogP contribution in [-0.2, 0) is 50.7 Å². The molecule has 2 amide bonds. The average molecular weight is 928 g/mol. The Morgan fingerprint density at radius 3 is 2.32 bits per heavy atom. The summed E-state index contributed by atoms with van der Waals surface area (Å²) in [5, 5.41) is 26.5.